The Morgan fingerprint density at radius 2 is 2.37 bits per heavy atom. The number of aromatic carboxylic acids is 1. The molecule has 6 heteroatoms. The zero-order chi connectivity index (χ0) is 13.8. The second kappa shape index (κ2) is 6.16. The van der Waals surface area contributed by atoms with Crippen LogP contribution in [0, 0.1) is 0 Å². The fraction of sp³-hybridized carbons (Fsp3) is 0.231. The summed E-state index contributed by atoms with van der Waals surface area (Å²) in [6.45, 7) is 2.04. The number of carboxylic acid groups (broad SMARTS) is 1. The number of halogens is 1. The summed E-state index contributed by atoms with van der Waals surface area (Å²) in [5, 5.41) is 15.4. The molecule has 1 aromatic carbocycles. The predicted molar refractivity (Wildman–Crippen MR) is 79.9 cm³/mol. The second-order valence-electron chi connectivity index (χ2n) is 3.97. The Bertz CT molecular complexity index is 572. The fourth-order valence-corrected chi connectivity index (χ4v) is 2.89. The van der Waals surface area contributed by atoms with Crippen molar-refractivity contribution in [3.05, 3.63) is 44.8 Å². The first-order valence-electron chi connectivity index (χ1n) is 5.80. The first-order valence-corrected chi connectivity index (χ1v) is 7.48. The zero-order valence-electron chi connectivity index (χ0n) is 10.3. The molecule has 19 heavy (non-hydrogen) atoms. The Kier molecular flexibility index (Phi) is 4.55. The predicted octanol–water partition coefficient (Wildman–Crippen LogP) is 4.17. The van der Waals surface area contributed by atoms with Crippen molar-refractivity contribution in [1.29, 1.82) is 0 Å². The molecule has 1 unspecified atom stereocenters. The Labute approximate surface area is 123 Å². The van der Waals surface area contributed by atoms with E-state index in [9.17, 15) is 9.90 Å². The summed E-state index contributed by atoms with van der Waals surface area (Å²) in [7, 11) is 0. The number of hydrogen-bond donors (Lipinski definition) is 2. The maximum absolute atomic E-state index is 11.3. The van der Waals surface area contributed by atoms with Crippen LogP contribution in [0.1, 0.15) is 34.8 Å². The summed E-state index contributed by atoms with van der Waals surface area (Å²) >= 11 is 4.85. The van der Waals surface area contributed by atoms with Gasteiger partial charge in [-0.3, -0.25) is 0 Å². The van der Waals surface area contributed by atoms with Crippen LogP contribution in [0.5, 0.6) is 0 Å². The third-order valence-electron chi connectivity index (χ3n) is 2.70. The molecule has 0 amide bonds. The minimum atomic E-state index is -0.946. The van der Waals surface area contributed by atoms with Gasteiger partial charge >= 0.3 is 5.97 Å². The standard InChI is InChI=1S/C13H13BrN2O2S/c1-2-10(12-15-5-6-19-12)16-11-4-3-8(14)7-9(11)13(17)18/h3-7,10,16H,2H2,1H3,(H,17,18). The topological polar surface area (TPSA) is 62.2 Å². The summed E-state index contributed by atoms with van der Waals surface area (Å²) in [5.41, 5.74) is 0.863. The van der Waals surface area contributed by atoms with Crippen LogP contribution in [0.2, 0.25) is 0 Å². The van der Waals surface area contributed by atoms with Crippen molar-refractivity contribution in [2.24, 2.45) is 0 Å². The van der Waals surface area contributed by atoms with Crippen LogP contribution in [0.3, 0.4) is 0 Å². The smallest absolute Gasteiger partial charge is 0.337 e. The number of thiazole rings is 1. The lowest BCUT2D eigenvalue weighted by Gasteiger charge is -2.17. The maximum atomic E-state index is 11.3. The lowest BCUT2D eigenvalue weighted by atomic mass is 10.1. The summed E-state index contributed by atoms with van der Waals surface area (Å²) in [5.74, 6) is -0.946. The second-order valence-corrected chi connectivity index (χ2v) is 5.81. The van der Waals surface area contributed by atoms with Crippen LogP contribution in [-0.2, 0) is 0 Å². The number of benzene rings is 1. The van der Waals surface area contributed by atoms with Gasteiger partial charge in [0.25, 0.3) is 0 Å². The lowest BCUT2D eigenvalue weighted by molar-refractivity contribution is 0.0698. The molecule has 0 fully saturated rings. The van der Waals surface area contributed by atoms with Gasteiger partial charge in [-0.05, 0) is 24.6 Å². The Morgan fingerprint density at radius 3 is 2.95 bits per heavy atom. The van der Waals surface area contributed by atoms with Crippen molar-refractivity contribution in [2.45, 2.75) is 19.4 Å². The highest BCUT2D eigenvalue weighted by Crippen LogP contribution is 2.28. The van der Waals surface area contributed by atoms with E-state index in [4.69, 9.17) is 0 Å². The lowest BCUT2D eigenvalue weighted by Crippen LogP contribution is -2.12. The Morgan fingerprint density at radius 1 is 1.58 bits per heavy atom. The molecule has 100 valence electrons. The van der Waals surface area contributed by atoms with Crippen molar-refractivity contribution in [3.63, 3.8) is 0 Å². The summed E-state index contributed by atoms with van der Waals surface area (Å²) in [4.78, 5) is 15.5. The molecule has 0 saturated heterocycles. The number of nitrogens with zero attached hydrogens (tertiary/aromatic N) is 1. The van der Waals surface area contributed by atoms with Gasteiger partial charge in [-0.25, -0.2) is 9.78 Å². The molecule has 2 rings (SSSR count). The molecule has 0 aliphatic rings. The first-order chi connectivity index (χ1) is 9.11. The van der Waals surface area contributed by atoms with Gasteiger partial charge in [-0.1, -0.05) is 22.9 Å². The summed E-state index contributed by atoms with van der Waals surface area (Å²) < 4.78 is 0.748. The molecule has 1 aromatic heterocycles. The average molecular weight is 341 g/mol. The first kappa shape index (κ1) is 14.0. The zero-order valence-corrected chi connectivity index (χ0v) is 12.7. The molecule has 2 N–H and O–H groups in total. The van der Waals surface area contributed by atoms with Crippen LogP contribution in [0.25, 0.3) is 0 Å². The Hall–Kier alpha value is -1.40. The van der Waals surface area contributed by atoms with Gasteiger partial charge in [0.1, 0.15) is 5.01 Å². The van der Waals surface area contributed by atoms with E-state index in [0.717, 1.165) is 15.9 Å². The van der Waals surface area contributed by atoms with Gasteiger partial charge in [0.05, 0.1) is 11.6 Å². The SMILES string of the molecule is CCC(Nc1ccc(Br)cc1C(=O)O)c1nccs1. The molecule has 2 aromatic rings. The van der Waals surface area contributed by atoms with E-state index in [2.05, 4.69) is 26.2 Å². The molecule has 0 saturated carbocycles. The molecule has 0 spiro atoms. The molecule has 1 atom stereocenters. The molecule has 0 aliphatic carbocycles. The third kappa shape index (κ3) is 3.33. The Balaban J connectivity index is 2.29. The highest BCUT2D eigenvalue weighted by Gasteiger charge is 2.16. The molecule has 0 radical (unpaired) electrons. The van der Waals surface area contributed by atoms with Crippen molar-refractivity contribution in [2.75, 3.05) is 5.32 Å². The fourth-order valence-electron chi connectivity index (χ4n) is 1.75. The maximum Gasteiger partial charge on any atom is 0.337 e. The normalized spacial score (nSPS) is 12.1. The van der Waals surface area contributed by atoms with Gasteiger partial charge in [-0.2, -0.15) is 0 Å². The minimum Gasteiger partial charge on any atom is -0.478 e. The van der Waals surface area contributed by atoms with Gasteiger partial charge in [-0.15, -0.1) is 11.3 Å². The molecule has 4 nitrogen and oxygen atoms in total. The van der Waals surface area contributed by atoms with Crippen molar-refractivity contribution in [3.8, 4) is 0 Å². The van der Waals surface area contributed by atoms with E-state index in [1.165, 1.54) is 0 Å². The van der Waals surface area contributed by atoms with E-state index in [0.29, 0.717) is 5.69 Å². The highest BCUT2D eigenvalue weighted by molar-refractivity contribution is 9.10. The van der Waals surface area contributed by atoms with Gasteiger partial charge in [0.15, 0.2) is 0 Å². The number of aromatic nitrogens is 1. The number of carbonyl (C=O) groups is 1. The number of carboxylic acids is 1. The monoisotopic (exact) mass is 340 g/mol. The summed E-state index contributed by atoms with van der Waals surface area (Å²) in [6, 6.07) is 5.21. The quantitative estimate of drug-likeness (QED) is 0.857. The van der Waals surface area contributed by atoms with Gasteiger partial charge < -0.3 is 10.4 Å². The number of hydrogen-bond acceptors (Lipinski definition) is 4. The molecular formula is C13H13BrN2O2S. The van der Waals surface area contributed by atoms with Crippen LogP contribution in [0.15, 0.2) is 34.2 Å². The summed E-state index contributed by atoms with van der Waals surface area (Å²) in [6.07, 6.45) is 2.59. The van der Waals surface area contributed by atoms with Crippen molar-refractivity contribution < 1.29 is 9.90 Å². The highest BCUT2D eigenvalue weighted by atomic mass is 79.9. The van der Waals surface area contributed by atoms with Crippen molar-refractivity contribution in [1.82, 2.24) is 4.98 Å². The van der Waals surface area contributed by atoms with Gasteiger partial charge in [0, 0.05) is 21.7 Å². The van der Waals surface area contributed by atoms with Gasteiger partial charge in [0.2, 0.25) is 0 Å². The number of nitrogens with one attached hydrogen (secondary N) is 1. The van der Waals surface area contributed by atoms with Crippen LogP contribution in [0.4, 0.5) is 5.69 Å². The van der Waals surface area contributed by atoms with E-state index in [-0.39, 0.29) is 11.6 Å². The van der Waals surface area contributed by atoms with Crippen LogP contribution >= 0.6 is 27.3 Å². The van der Waals surface area contributed by atoms with E-state index >= 15 is 0 Å². The molecular weight excluding hydrogens is 328 g/mol. The number of anilines is 1. The van der Waals surface area contributed by atoms with Crippen LogP contribution < -0.4 is 5.32 Å². The van der Waals surface area contributed by atoms with E-state index in [1.807, 2.05) is 18.4 Å². The molecule has 1 heterocycles. The largest absolute Gasteiger partial charge is 0.478 e. The average Bonchev–Trinajstić information content (AvgIpc) is 2.90. The van der Waals surface area contributed by atoms with Crippen LogP contribution in [-0.4, -0.2) is 16.1 Å². The number of rotatable bonds is 5. The van der Waals surface area contributed by atoms with Crippen molar-refractivity contribution >= 4 is 38.9 Å². The minimum absolute atomic E-state index is 0.0271. The van der Waals surface area contributed by atoms with E-state index < -0.39 is 5.97 Å². The van der Waals surface area contributed by atoms with E-state index in [1.54, 1.807) is 29.7 Å². The molecule has 0 bridgehead atoms. The molecule has 0 aliphatic heterocycles. The third-order valence-corrected chi connectivity index (χ3v) is 4.08.